The van der Waals surface area contributed by atoms with Crippen molar-refractivity contribution in [1.29, 1.82) is 0 Å². The van der Waals surface area contributed by atoms with E-state index in [4.69, 9.17) is 0 Å². The van der Waals surface area contributed by atoms with Crippen molar-refractivity contribution in [1.82, 2.24) is 9.80 Å². The van der Waals surface area contributed by atoms with Crippen molar-refractivity contribution in [2.24, 2.45) is 0 Å². The summed E-state index contributed by atoms with van der Waals surface area (Å²) in [6.07, 6.45) is 5.44. The van der Waals surface area contributed by atoms with Gasteiger partial charge in [-0.25, -0.2) is 0 Å². The molecule has 0 aromatic heterocycles. The Morgan fingerprint density at radius 3 is 2.95 bits per heavy atom. The molecule has 20 heavy (non-hydrogen) atoms. The number of nitrogens with zero attached hydrogens (tertiary/aromatic N) is 2. The number of carbonyl (C=O) groups excluding carboxylic acids is 1. The molecule has 1 amide bonds. The van der Waals surface area contributed by atoms with Crippen LogP contribution in [0.4, 0.5) is 0 Å². The molecule has 1 aliphatic heterocycles. The fourth-order valence-electron chi connectivity index (χ4n) is 2.76. The first-order valence-corrected chi connectivity index (χ1v) is 8.42. The van der Waals surface area contributed by atoms with E-state index in [2.05, 4.69) is 42.5 Å². The number of rotatable bonds is 4. The average molecular weight is 292 g/mol. The van der Waals surface area contributed by atoms with E-state index in [1.165, 1.54) is 16.9 Å². The number of hydrogen-bond donors (Lipinski definition) is 0. The van der Waals surface area contributed by atoms with Crippen LogP contribution in [0.15, 0.2) is 29.2 Å². The lowest BCUT2D eigenvalue weighted by Gasteiger charge is -2.34. The van der Waals surface area contributed by atoms with Crippen LogP contribution >= 0.6 is 11.8 Å². The summed E-state index contributed by atoms with van der Waals surface area (Å²) in [7, 11) is 3.97. The van der Waals surface area contributed by atoms with Gasteiger partial charge in [-0.05, 0) is 50.4 Å². The molecule has 0 radical (unpaired) electrons. The van der Waals surface area contributed by atoms with Crippen molar-refractivity contribution in [3.05, 3.63) is 29.8 Å². The van der Waals surface area contributed by atoms with Gasteiger partial charge in [-0.15, -0.1) is 11.8 Å². The van der Waals surface area contributed by atoms with Gasteiger partial charge in [0.2, 0.25) is 5.91 Å². The number of likely N-dealkylation sites (tertiary alicyclic amines) is 1. The second-order valence-electron chi connectivity index (χ2n) is 5.54. The van der Waals surface area contributed by atoms with Crippen molar-refractivity contribution in [2.75, 3.05) is 26.9 Å². The first-order chi connectivity index (χ1) is 9.61. The normalized spacial score (nSPS) is 19.9. The summed E-state index contributed by atoms with van der Waals surface area (Å²) in [5.74, 6) is 0.252. The Bertz CT molecular complexity index is 464. The lowest BCUT2D eigenvalue weighted by atomic mass is 10.0. The molecule has 3 nitrogen and oxygen atoms in total. The molecular weight excluding hydrogens is 268 g/mol. The van der Waals surface area contributed by atoms with Crippen molar-refractivity contribution < 1.29 is 4.79 Å². The summed E-state index contributed by atoms with van der Waals surface area (Å²) in [5, 5.41) is 0. The highest BCUT2D eigenvalue weighted by atomic mass is 32.2. The van der Waals surface area contributed by atoms with Gasteiger partial charge >= 0.3 is 0 Å². The highest BCUT2D eigenvalue weighted by Crippen LogP contribution is 2.19. The average Bonchev–Trinajstić information content (AvgIpc) is 2.47. The molecule has 0 aliphatic carbocycles. The third kappa shape index (κ3) is 3.76. The van der Waals surface area contributed by atoms with Crippen molar-refractivity contribution in [3.8, 4) is 0 Å². The number of amides is 1. The number of thioether (sulfide) groups is 1. The molecule has 0 spiro atoms. The molecule has 1 aromatic carbocycles. The van der Waals surface area contributed by atoms with E-state index in [1.807, 2.05) is 11.9 Å². The van der Waals surface area contributed by atoms with Crippen LogP contribution in [0, 0.1) is 0 Å². The largest absolute Gasteiger partial charge is 0.340 e. The van der Waals surface area contributed by atoms with E-state index < -0.39 is 0 Å². The van der Waals surface area contributed by atoms with E-state index in [0.29, 0.717) is 6.54 Å². The summed E-state index contributed by atoms with van der Waals surface area (Å²) in [4.78, 5) is 17.9. The zero-order chi connectivity index (χ0) is 14.5. The molecule has 110 valence electrons. The summed E-state index contributed by atoms with van der Waals surface area (Å²) in [6.45, 7) is 1.73. The first-order valence-electron chi connectivity index (χ1n) is 7.20. The van der Waals surface area contributed by atoms with E-state index in [1.54, 1.807) is 11.8 Å². The highest BCUT2D eigenvalue weighted by Gasteiger charge is 2.28. The molecule has 0 N–H and O–H groups in total. The van der Waals surface area contributed by atoms with Crippen LogP contribution in [0.1, 0.15) is 24.8 Å². The van der Waals surface area contributed by atoms with Crippen molar-refractivity contribution >= 4 is 17.7 Å². The summed E-state index contributed by atoms with van der Waals surface area (Å²) >= 11 is 1.74. The Morgan fingerprint density at radius 1 is 1.45 bits per heavy atom. The molecule has 1 saturated heterocycles. The van der Waals surface area contributed by atoms with Crippen molar-refractivity contribution in [3.63, 3.8) is 0 Å². The maximum Gasteiger partial charge on any atom is 0.239 e. The lowest BCUT2D eigenvalue weighted by Crippen LogP contribution is -2.47. The SMILES string of the molecule is CSc1cccc(CN(C)C(=O)C2CCCCN2C)c1. The molecule has 0 saturated carbocycles. The van der Waals surface area contributed by atoms with E-state index in [0.717, 1.165) is 19.4 Å². The Kier molecular flexibility index (Phi) is 5.49. The Morgan fingerprint density at radius 2 is 2.25 bits per heavy atom. The second-order valence-corrected chi connectivity index (χ2v) is 6.42. The fraction of sp³-hybridized carbons (Fsp3) is 0.562. The standard InChI is InChI=1S/C16H24N2OS/c1-17-10-5-4-9-15(17)16(19)18(2)12-13-7-6-8-14(11-13)20-3/h6-8,11,15H,4-5,9-10,12H2,1-3H3. The number of carbonyl (C=O) groups is 1. The smallest absolute Gasteiger partial charge is 0.239 e. The van der Waals surface area contributed by atoms with Crippen molar-refractivity contribution in [2.45, 2.75) is 36.7 Å². The van der Waals surface area contributed by atoms with Crippen LogP contribution in [0.3, 0.4) is 0 Å². The molecule has 1 atom stereocenters. The molecule has 1 fully saturated rings. The molecule has 1 aromatic rings. The minimum Gasteiger partial charge on any atom is -0.340 e. The van der Waals surface area contributed by atoms with Gasteiger partial charge in [-0.3, -0.25) is 9.69 Å². The maximum atomic E-state index is 12.5. The van der Waals surface area contributed by atoms with Crippen LogP contribution in [0.25, 0.3) is 0 Å². The second kappa shape index (κ2) is 7.14. The summed E-state index contributed by atoms with van der Waals surface area (Å²) in [5.41, 5.74) is 1.20. The minimum atomic E-state index is 0.0671. The van der Waals surface area contributed by atoms with Gasteiger partial charge < -0.3 is 4.90 Å². The fourth-order valence-corrected chi connectivity index (χ4v) is 3.25. The van der Waals surface area contributed by atoms with Crippen LogP contribution in [0.5, 0.6) is 0 Å². The topological polar surface area (TPSA) is 23.6 Å². The van der Waals surface area contributed by atoms with Crippen LogP contribution in [-0.2, 0) is 11.3 Å². The lowest BCUT2D eigenvalue weighted by molar-refractivity contribution is -0.136. The summed E-state index contributed by atoms with van der Waals surface area (Å²) < 4.78 is 0. The van der Waals surface area contributed by atoms with E-state index >= 15 is 0 Å². The van der Waals surface area contributed by atoms with Gasteiger partial charge in [-0.2, -0.15) is 0 Å². The van der Waals surface area contributed by atoms with Crippen LogP contribution in [0.2, 0.25) is 0 Å². The Balaban J connectivity index is 1.99. The molecular formula is C16H24N2OS. The Hall–Kier alpha value is -1.00. The zero-order valence-electron chi connectivity index (χ0n) is 12.6. The predicted molar refractivity (Wildman–Crippen MR) is 85.0 cm³/mol. The molecule has 1 aliphatic rings. The van der Waals surface area contributed by atoms with Gasteiger partial charge in [0.1, 0.15) is 0 Å². The van der Waals surface area contributed by atoms with Gasteiger partial charge in [0.05, 0.1) is 6.04 Å². The van der Waals surface area contributed by atoms with Gasteiger partial charge in [-0.1, -0.05) is 18.6 Å². The van der Waals surface area contributed by atoms with Gasteiger partial charge in [0, 0.05) is 18.5 Å². The third-order valence-corrected chi connectivity index (χ3v) is 4.71. The molecule has 1 unspecified atom stereocenters. The quantitative estimate of drug-likeness (QED) is 0.797. The maximum absolute atomic E-state index is 12.5. The Labute approximate surface area is 126 Å². The number of hydrogen-bond acceptors (Lipinski definition) is 3. The highest BCUT2D eigenvalue weighted by molar-refractivity contribution is 7.98. The van der Waals surface area contributed by atoms with Gasteiger partial charge in [0.25, 0.3) is 0 Å². The number of benzene rings is 1. The number of likely N-dealkylation sites (N-methyl/N-ethyl adjacent to an activating group) is 2. The zero-order valence-corrected chi connectivity index (χ0v) is 13.4. The minimum absolute atomic E-state index is 0.0671. The monoisotopic (exact) mass is 292 g/mol. The molecule has 0 bridgehead atoms. The third-order valence-electron chi connectivity index (χ3n) is 3.99. The van der Waals surface area contributed by atoms with Gasteiger partial charge in [0.15, 0.2) is 0 Å². The first kappa shape index (κ1) is 15.4. The van der Waals surface area contributed by atoms with E-state index in [-0.39, 0.29) is 11.9 Å². The molecule has 4 heteroatoms. The van der Waals surface area contributed by atoms with Crippen LogP contribution in [-0.4, -0.2) is 48.6 Å². The molecule has 2 rings (SSSR count). The molecule has 1 heterocycles. The van der Waals surface area contributed by atoms with E-state index in [9.17, 15) is 4.79 Å². The number of piperidine rings is 1. The summed E-state index contributed by atoms with van der Waals surface area (Å²) in [6, 6.07) is 8.49. The predicted octanol–water partition coefficient (Wildman–Crippen LogP) is 2.85. The van der Waals surface area contributed by atoms with Crippen LogP contribution < -0.4 is 0 Å².